The van der Waals surface area contributed by atoms with Gasteiger partial charge in [-0.2, -0.15) is 5.26 Å². The van der Waals surface area contributed by atoms with Crippen LogP contribution >= 0.6 is 0 Å². The van der Waals surface area contributed by atoms with Crippen LogP contribution in [0, 0.1) is 17.2 Å². The predicted molar refractivity (Wildman–Crippen MR) is 68.8 cm³/mol. The number of nitriles is 1. The van der Waals surface area contributed by atoms with E-state index >= 15 is 0 Å². The van der Waals surface area contributed by atoms with Crippen LogP contribution in [-0.2, 0) is 4.79 Å². The van der Waals surface area contributed by atoms with Crippen molar-refractivity contribution >= 4 is 5.78 Å². The van der Waals surface area contributed by atoms with Crippen molar-refractivity contribution in [3.8, 4) is 6.07 Å². The standard InChI is InChI=1S/C15H18N2O/c16-11-13(14-8-4-5-9-17-14)15(18)10-12-6-2-1-3-7-12/h4-5,8-9,12-13H,1-3,6-7,10H2. The third-order valence-corrected chi connectivity index (χ3v) is 3.65. The minimum absolute atomic E-state index is 0.0306. The summed E-state index contributed by atoms with van der Waals surface area (Å²) in [6.45, 7) is 0. The van der Waals surface area contributed by atoms with E-state index in [0.29, 0.717) is 18.0 Å². The summed E-state index contributed by atoms with van der Waals surface area (Å²) in [5.74, 6) is -0.179. The van der Waals surface area contributed by atoms with E-state index in [4.69, 9.17) is 5.26 Å². The van der Waals surface area contributed by atoms with E-state index in [1.807, 2.05) is 6.07 Å². The molecule has 94 valence electrons. The normalized spacial score (nSPS) is 17.9. The Morgan fingerprint density at radius 1 is 1.39 bits per heavy atom. The molecule has 3 nitrogen and oxygen atoms in total. The molecule has 1 atom stereocenters. The van der Waals surface area contributed by atoms with Gasteiger partial charge in [-0.15, -0.1) is 0 Å². The Morgan fingerprint density at radius 3 is 2.78 bits per heavy atom. The van der Waals surface area contributed by atoms with Crippen LogP contribution in [0.3, 0.4) is 0 Å². The van der Waals surface area contributed by atoms with Crippen molar-refractivity contribution in [2.75, 3.05) is 0 Å². The molecule has 1 aliphatic rings. The topological polar surface area (TPSA) is 53.8 Å². The molecule has 1 aliphatic carbocycles. The lowest BCUT2D eigenvalue weighted by molar-refractivity contribution is -0.120. The van der Waals surface area contributed by atoms with Crippen LogP contribution in [0.1, 0.15) is 50.1 Å². The maximum absolute atomic E-state index is 12.2. The number of ketones is 1. The quantitative estimate of drug-likeness (QED) is 0.814. The number of pyridine rings is 1. The Kier molecular flexibility index (Phi) is 4.46. The van der Waals surface area contributed by atoms with E-state index < -0.39 is 5.92 Å². The summed E-state index contributed by atoms with van der Waals surface area (Å²) in [5, 5.41) is 9.17. The first-order valence-electron chi connectivity index (χ1n) is 6.64. The van der Waals surface area contributed by atoms with E-state index in [-0.39, 0.29) is 5.78 Å². The number of rotatable bonds is 4. The molecule has 3 heteroatoms. The average Bonchev–Trinajstić information content (AvgIpc) is 2.42. The molecular formula is C15H18N2O. The largest absolute Gasteiger partial charge is 0.298 e. The fourth-order valence-electron chi connectivity index (χ4n) is 2.64. The van der Waals surface area contributed by atoms with Crippen LogP contribution in [-0.4, -0.2) is 10.8 Å². The fraction of sp³-hybridized carbons (Fsp3) is 0.533. The fourth-order valence-corrected chi connectivity index (χ4v) is 2.64. The molecule has 0 aliphatic heterocycles. The lowest BCUT2D eigenvalue weighted by Crippen LogP contribution is -2.18. The third kappa shape index (κ3) is 3.16. The summed E-state index contributed by atoms with van der Waals surface area (Å²) in [5.41, 5.74) is 0.584. The maximum atomic E-state index is 12.2. The monoisotopic (exact) mass is 242 g/mol. The van der Waals surface area contributed by atoms with E-state index in [2.05, 4.69) is 11.1 Å². The predicted octanol–water partition coefficient (Wildman–Crippen LogP) is 3.23. The molecule has 1 aromatic heterocycles. The van der Waals surface area contributed by atoms with E-state index in [9.17, 15) is 4.79 Å². The molecule has 0 radical (unpaired) electrons. The highest BCUT2D eigenvalue weighted by molar-refractivity contribution is 5.88. The lowest BCUT2D eigenvalue weighted by atomic mass is 9.83. The van der Waals surface area contributed by atoms with Gasteiger partial charge in [0.1, 0.15) is 5.92 Å². The third-order valence-electron chi connectivity index (χ3n) is 3.65. The number of carbonyl (C=O) groups is 1. The van der Waals surface area contributed by atoms with Crippen LogP contribution in [0.25, 0.3) is 0 Å². The highest BCUT2D eigenvalue weighted by Gasteiger charge is 2.25. The summed E-state index contributed by atoms with van der Waals surface area (Å²) in [6.07, 6.45) is 8.16. The molecule has 0 saturated heterocycles. The molecule has 1 saturated carbocycles. The second-order valence-corrected chi connectivity index (χ2v) is 4.99. The molecule has 1 aromatic rings. The van der Waals surface area contributed by atoms with Crippen LogP contribution in [0.5, 0.6) is 0 Å². The second kappa shape index (κ2) is 6.30. The molecule has 0 spiro atoms. The number of hydrogen-bond donors (Lipinski definition) is 0. The number of Topliss-reactive ketones (excluding diaryl/α,β-unsaturated/α-hetero) is 1. The van der Waals surface area contributed by atoms with Gasteiger partial charge < -0.3 is 0 Å². The molecule has 1 fully saturated rings. The zero-order chi connectivity index (χ0) is 12.8. The van der Waals surface area contributed by atoms with Gasteiger partial charge in [-0.25, -0.2) is 0 Å². The summed E-state index contributed by atoms with van der Waals surface area (Å²) < 4.78 is 0. The number of aromatic nitrogens is 1. The van der Waals surface area contributed by atoms with Gasteiger partial charge in [-0.3, -0.25) is 9.78 Å². The first kappa shape index (κ1) is 12.8. The molecule has 0 bridgehead atoms. The van der Waals surface area contributed by atoms with E-state index in [0.717, 1.165) is 12.8 Å². The summed E-state index contributed by atoms with van der Waals surface area (Å²) in [4.78, 5) is 16.3. The zero-order valence-electron chi connectivity index (χ0n) is 10.5. The van der Waals surface area contributed by atoms with Crippen molar-refractivity contribution in [3.05, 3.63) is 30.1 Å². The van der Waals surface area contributed by atoms with Crippen LogP contribution in [0.4, 0.5) is 0 Å². The number of carbonyl (C=O) groups excluding carboxylic acids is 1. The van der Waals surface area contributed by atoms with Crippen molar-refractivity contribution in [1.82, 2.24) is 4.98 Å². The molecule has 18 heavy (non-hydrogen) atoms. The van der Waals surface area contributed by atoms with Crippen molar-refractivity contribution < 1.29 is 4.79 Å². The van der Waals surface area contributed by atoms with Gasteiger partial charge in [-0.05, 0) is 18.1 Å². The summed E-state index contributed by atoms with van der Waals surface area (Å²) in [6, 6.07) is 7.47. The van der Waals surface area contributed by atoms with Crippen LogP contribution < -0.4 is 0 Å². The number of nitrogens with zero attached hydrogens (tertiary/aromatic N) is 2. The minimum Gasteiger partial charge on any atom is -0.298 e. The Hall–Kier alpha value is -1.69. The molecule has 1 heterocycles. The van der Waals surface area contributed by atoms with Crippen LogP contribution in [0.15, 0.2) is 24.4 Å². The van der Waals surface area contributed by atoms with Gasteiger partial charge in [0.25, 0.3) is 0 Å². The SMILES string of the molecule is N#CC(C(=O)CC1CCCCC1)c1ccccn1. The van der Waals surface area contributed by atoms with Gasteiger partial charge in [0.05, 0.1) is 11.8 Å². The molecule has 0 N–H and O–H groups in total. The van der Waals surface area contributed by atoms with E-state index in [1.54, 1.807) is 18.3 Å². The molecular weight excluding hydrogens is 224 g/mol. The average molecular weight is 242 g/mol. The first-order chi connectivity index (χ1) is 8.81. The van der Waals surface area contributed by atoms with Gasteiger partial charge in [0.2, 0.25) is 0 Å². The van der Waals surface area contributed by atoms with Gasteiger partial charge >= 0.3 is 0 Å². The van der Waals surface area contributed by atoms with Gasteiger partial charge in [0, 0.05) is 12.6 Å². The molecule has 2 rings (SSSR count). The Bertz CT molecular complexity index is 430. The zero-order valence-corrected chi connectivity index (χ0v) is 10.5. The summed E-state index contributed by atoms with van der Waals surface area (Å²) in [7, 11) is 0. The number of hydrogen-bond acceptors (Lipinski definition) is 3. The molecule has 0 aromatic carbocycles. The van der Waals surface area contributed by atoms with Crippen molar-refractivity contribution in [2.45, 2.75) is 44.4 Å². The Balaban J connectivity index is 2.00. The Labute approximate surface area is 108 Å². The minimum atomic E-state index is -0.687. The smallest absolute Gasteiger partial charge is 0.156 e. The highest BCUT2D eigenvalue weighted by atomic mass is 16.1. The van der Waals surface area contributed by atoms with Gasteiger partial charge in [-0.1, -0.05) is 38.2 Å². The highest BCUT2D eigenvalue weighted by Crippen LogP contribution is 2.28. The van der Waals surface area contributed by atoms with Crippen molar-refractivity contribution in [2.24, 2.45) is 5.92 Å². The second-order valence-electron chi connectivity index (χ2n) is 4.99. The first-order valence-corrected chi connectivity index (χ1v) is 6.64. The van der Waals surface area contributed by atoms with Crippen molar-refractivity contribution in [1.29, 1.82) is 5.26 Å². The molecule has 0 amide bonds. The van der Waals surface area contributed by atoms with Crippen molar-refractivity contribution in [3.63, 3.8) is 0 Å². The van der Waals surface area contributed by atoms with Crippen LogP contribution in [0.2, 0.25) is 0 Å². The lowest BCUT2D eigenvalue weighted by Gasteiger charge is -2.21. The summed E-state index contributed by atoms with van der Waals surface area (Å²) >= 11 is 0. The van der Waals surface area contributed by atoms with Gasteiger partial charge in [0.15, 0.2) is 5.78 Å². The van der Waals surface area contributed by atoms with E-state index in [1.165, 1.54) is 19.3 Å². The molecule has 1 unspecified atom stereocenters. The Morgan fingerprint density at radius 2 is 2.17 bits per heavy atom. The maximum Gasteiger partial charge on any atom is 0.156 e.